The first-order valence-corrected chi connectivity index (χ1v) is 7.05. The van der Waals surface area contributed by atoms with E-state index in [2.05, 4.69) is 0 Å². The van der Waals surface area contributed by atoms with Gasteiger partial charge < -0.3 is 14.6 Å². The normalized spacial score (nSPS) is 10.9. The zero-order valence-electron chi connectivity index (χ0n) is 12.3. The summed E-state index contributed by atoms with van der Waals surface area (Å²) in [7, 11) is 0. The number of aryl methyl sites for hydroxylation is 1. The lowest BCUT2D eigenvalue weighted by Crippen LogP contribution is -2.10. The fraction of sp³-hybridized carbons (Fsp3) is 0.533. The predicted molar refractivity (Wildman–Crippen MR) is 78.9 cm³/mol. The Morgan fingerprint density at radius 1 is 1.15 bits per heavy atom. The van der Waals surface area contributed by atoms with Crippen LogP contribution in [-0.2, 0) is 11.2 Å². The van der Waals surface area contributed by atoms with Crippen LogP contribution in [0.15, 0.2) is 12.1 Å². The molecule has 1 aromatic rings. The molecule has 0 heterocycles. The number of aliphatic carboxylic acids is 1. The smallest absolute Gasteiger partial charge is 0.303 e. The van der Waals surface area contributed by atoms with E-state index in [1.54, 1.807) is 12.1 Å². The third-order valence-electron chi connectivity index (χ3n) is 2.45. The van der Waals surface area contributed by atoms with Gasteiger partial charge in [-0.05, 0) is 45.7 Å². The molecular weight excluding hydrogens is 280 g/mol. The van der Waals surface area contributed by atoms with E-state index >= 15 is 0 Å². The summed E-state index contributed by atoms with van der Waals surface area (Å²) in [5, 5.41) is 9.26. The Morgan fingerprint density at radius 2 is 1.70 bits per heavy atom. The zero-order valence-corrected chi connectivity index (χ0v) is 13.0. The third-order valence-corrected chi connectivity index (χ3v) is 2.74. The Morgan fingerprint density at radius 3 is 2.20 bits per heavy atom. The Balaban J connectivity index is 3.07. The Kier molecular flexibility index (Phi) is 6.14. The van der Waals surface area contributed by atoms with Crippen LogP contribution in [0.3, 0.4) is 0 Å². The van der Waals surface area contributed by atoms with Gasteiger partial charge >= 0.3 is 5.97 Å². The molecule has 0 spiro atoms. The zero-order chi connectivity index (χ0) is 15.3. The fourth-order valence-corrected chi connectivity index (χ4v) is 1.95. The molecule has 112 valence electrons. The largest absolute Gasteiger partial charge is 0.491 e. The van der Waals surface area contributed by atoms with Gasteiger partial charge in [-0.15, -0.1) is 0 Å². The van der Waals surface area contributed by atoms with Crippen molar-refractivity contribution in [3.05, 3.63) is 22.7 Å². The maximum Gasteiger partial charge on any atom is 0.303 e. The van der Waals surface area contributed by atoms with Gasteiger partial charge in [-0.1, -0.05) is 11.6 Å². The quantitative estimate of drug-likeness (QED) is 0.829. The number of carboxylic acid groups (broad SMARTS) is 1. The first kappa shape index (κ1) is 16.6. The van der Waals surface area contributed by atoms with E-state index in [4.69, 9.17) is 26.2 Å². The monoisotopic (exact) mass is 300 g/mol. The highest BCUT2D eigenvalue weighted by Gasteiger charge is 2.14. The van der Waals surface area contributed by atoms with Crippen molar-refractivity contribution in [2.45, 2.75) is 52.7 Å². The van der Waals surface area contributed by atoms with Gasteiger partial charge in [0, 0.05) is 12.5 Å². The SMILES string of the molecule is CC(C)Oc1cc(OC(C)C)c(CCC(=O)O)cc1Cl. The molecule has 0 atom stereocenters. The first-order valence-electron chi connectivity index (χ1n) is 6.67. The lowest BCUT2D eigenvalue weighted by molar-refractivity contribution is -0.136. The van der Waals surface area contributed by atoms with Crippen LogP contribution >= 0.6 is 11.6 Å². The minimum Gasteiger partial charge on any atom is -0.491 e. The average Bonchev–Trinajstić information content (AvgIpc) is 2.29. The minimum absolute atomic E-state index is 0.00395. The maximum atomic E-state index is 10.7. The summed E-state index contributed by atoms with van der Waals surface area (Å²) in [5.74, 6) is 0.330. The van der Waals surface area contributed by atoms with E-state index in [1.165, 1.54) is 0 Å². The fourth-order valence-electron chi connectivity index (χ4n) is 1.72. The van der Waals surface area contributed by atoms with Crippen molar-refractivity contribution < 1.29 is 19.4 Å². The highest BCUT2D eigenvalue weighted by molar-refractivity contribution is 6.32. The lowest BCUT2D eigenvalue weighted by Gasteiger charge is -2.18. The molecule has 0 aliphatic carbocycles. The Bertz CT molecular complexity index is 469. The van der Waals surface area contributed by atoms with Gasteiger partial charge in [-0.2, -0.15) is 0 Å². The van der Waals surface area contributed by atoms with Gasteiger partial charge in [0.25, 0.3) is 0 Å². The summed E-state index contributed by atoms with van der Waals surface area (Å²) >= 11 is 6.17. The summed E-state index contributed by atoms with van der Waals surface area (Å²) in [4.78, 5) is 10.7. The molecule has 0 amide bonds. The van der Waals surface area contributed by atoms with E-state index in [0.717, 1.165) is 5.56 Å². The van der Waals surface area contributed by atoms with Crippen LogP contribution in [0.2, 0.25) is 5.02 Å². The van der Waals surface area contributed by atoms with Crippen molar-refractivity contribution in [1.82, 2.24) is 0 Å². The van der Waals surface area contributed by atoms with Crippen molar-refractivity contribution in [3.8, 4) is 11.5 Å². The van der Waals surface area contributed by atoms with Gasteiger partial charge in [0.1, 0.15) is 11.5 Å². The average molecular weight is 301 g/mol. The Labute approximate surface area is 124 Å². The molecule has 0 fully saturated rings. The molecule has 0 aromatic heterocycles. The number of hydrogen-bond acceptors (Lipinski definition) is 3. The van der Waals surface area contributed by atoms with Gasteiger partial charge in [0.2, 0.25) is 0 Å². The van der Waals surface area contributed by atoms with E-state index in [1.807, 2.05) is 27.7 Å². The second-order valence-electron chi connectivity index (χ2n) is 5.12. The summed E-state index contributed by atoms with van der Waals surface area (Å²) in [6.07, 6.45) is 0.407. The molecule has 0 aliphatic heterocycles. The molecule has 0 radical (unpaired) electrons. The van der Waals surface area contributed by atoms with Gasteiger partial charge in [0.05, 0.1) is 17.2 Å². The van der Waals surface area contributed by atoms with Gasteiger partial charge in [-0.3, -0.25) is 4.79 Å². The van der Waals surface area contributed by atoms with E-state index < -0.39 is 5.97 Å². The molecule has 0 bridgehead atoms. The molecule has 0 unspecified atom stereocenters. The van der Waals surface area contributed by atoms with Crippen LogP contribution in [0, 0.1) is 0 Å². The van der Waals surface area contributed by atoms with Crippen LogP contribution in [0.5, 0.6) is 11.5 Å². The number of benzene rings is 1. The van der Waals surface area contributed by atoms with Crippen LogP contribution in [0.25, 0.3) is 0 Å². The second-order valence-corrected chi connectivity index (χ2v) is 5.52. The topological polar surface area (TPSA) is 55.8 Å². The number of hydrogen-bond donors (Lipinski definition) is 1. The van der Waals surface area contributed by atoms with Crippen molar-refractivity contribution >= 4 is 17.6 Å². The molecule has 1 aromatic carbocycles. The third kappa shape index (κ3) is 5.29. The highest BCUT2D eigenvalue weighted by Crippen LogP contribution is 2.34. The van der Waals surface area contributed by atoms with Crippen molar-refractivity contribution in [1.29, 1.82) is 0 Å². The van der Waals surface area contributed by atoms with E-state index in [0.29, 0.717) is 22.9 Å². The molecular formula is C15H21ClO4. The molecule has 0 saturated heterocycles. The maximum absolute atomic E-state index is 10.7. The van der Waals surface area contributed by atoms with Gasteiger partial charge in [-0.25, -0.2) is 0 Å². The van der Waals surface area contributed by atoms with Crippen LogP contribution < -0.4 is 9.47 Å². The summed E-state index contributed by atoms with van der Waals surface area (Å²) < 4.78 is 11.3. The second kappa shape index (κ2) is 7.39. The molecule has 0 saturated carbocycles. The van der Waals surface area contributed by atoms with Crippen molar-refractivity contribution in [3.63, 3.8) is 0 Å². The predicted octanol–water partition coefficient (Wildman–Crippen LogP) is 3.93. The summed E-state index contributed by atoms with van der Waals surface area (Å²) in [6, 6.07) is 3.46. The van der Waals surface area contributed by atoms with E-state index in [-0.39, 0.29) is 18.6 Å². The number of ether oxygens (including phenoxy) is 2. The van der Waals surface area contributed by atoms with Crippen molar-refractivity contribution in [2.75, 3.05) is 0 Å². The summed E-state index contributed by atoms with van der Waals surface area (Å²) in [5.41, 5.74) is 0.780. The molecule has 1 rings (SSSR count). The number of halogens is 1. The number of carbonyl (C=O) groups is 1. The highest BCUT2D eigenvalue weighted by atomic mass is 35.5. The van der Waals surface area contributed by atoms with E-state index in [9.17, 15) is 4.79 Å². The first-order chi connectivity index (χ1) is 9.29. The number of carboxylic acids is 1. The molecule has 0 aliphatic rings. The molecule has 20 heavy (non-hydrogen) atoms. The van der Waals surface area contributed by atoms with Crippen molar-refractivity contribution in [2.24, 2.45) is 0 Å². The molecule has 4 nitrogen and oxygen atoms in total. The van der Waals surface area contributed by atoms with Crippen LogP contribution in [0.1, 0.15) is 39.7 Å². The standard InChI is InChI=1S/C15H21ClO4/c1-9(2)19-13-8-14(20-10(3)4)12(16)7-11(13)5-6-15(17)18/h7-10H,5-6H2,1-4H3,(H,17,18). The van der Waals surface area contributed by atoms with Gasteiger partial charge in [0.15, 0.2) is 0 Å². The molecule has 1 N–H and O–H groups in total. The summed E-state index contributed by atoms with van der Waals surface area (Å²) in [6.45, 7) is 7.66. The van der Waals surface area contributed by atoms with Crippen LogP contribution in [0.4, 0.5) is 0 Å². The minimum atomic E-state index is -0.848. The molecule has 5 heteroatoms. The van der Waals surface area contributed by atoms with Crippen LogP contribution in [-0.4, -0.2) is 23.3 Å². The Hall–Kier alpha value is -1.42. The lowest BCUT2D eigenvalue weighted by atomic mass is 10.1. The number of rotatable bonds is 7.